The molecule has 7 heteroatoms. The standard InChI is InChI=1S/C21H33FN4O2/c1-17(2)14-25-11-12-28-18(15-25)13-23-21(27)16-24-7-9-26(10-8-24)20-6-4-3-5-19(20)22/h3-6,17-18H,7-16H2,1-2H3,(H,23,27). The maximum absolute atomic E-state index is 13.9. The highest BCUT2D eigenvalue weighted by atomic mass is 19.1. The van der Waals surface area contributed by atoms with Gasteiger partial charge in [0.25, 0.3) is 0 Å². The molecular weight excluding hydrogens is 359 g/mol. The number of rotatable bonds is 7. The van der Waals surface area contributed by atoms with Gasteiger partial charge in [0.15, 0.2) is 0 Å². The van der Waals surface area contributed by atoms with Crippen molar-refractivity contribution in [2.45, 2.75) is 20.0 Å². The van der Waals surface area contributed by atoms with Gasteiger partial charge in [-0.2, -0.15) is 0 Å². The maximum atomic E-state index is 13.9. The molecule has 1 aromatic carbocycles. The minimum Gasteiger partial charge on any atom is -0.374 e. The van der Waals surface area contributed by atoms with E-state index in [0.29, 0.717) is 24.7 Å². The number of benzene rings is 1. The Kier molecular flexibility index (Phi) is 7.65. The van der Waals surface area contributed by atoms with Gasteiger partial charge in [0.2, 0.25) is 5.91 Å². The maximum Gasteiger partial charge on any atom is 0.234 e. The Morgan fingerprint density at radius 1 is 1.18 bits per heavy atom. The first-order chi connectivity index (χ1) is 13.5. The van der Waals surface area contributed by atoms with Crippen LogP contribution in [-0.2, 0) is 9.53 Å². The van der Waals surface area contributed by atoms with Crippen LogP contribution in [-0.4, -0.2) is 87.3 Å². The number of halogens is 1. The fourth-order valence-electron chi connectivity index (χ4n) is 3.93. The van der Waals surface area contributed by atoms with Crippen molar-refractivity contribution in [2.24, 2.45) is 5.92 Å². The molecule has 0 saturated carbocycles. The molecule has 2 aliphatic rings. The second kappa shape index (κ2) is 10.2. The van der Waals surface area contributed by atoms with Gasteiger partial charge in [-0.1, -0.05) is 26.0 Å². The molecule has 0 aromatic heterocycles. The van der Waals surface area contributed by atoms with Crippen LogP contribution in [0.3, 0.4) is 0 Å². The number of hydrogen-bond acceptors (Lipinski definition) is 5. The molecule has 3 rings (SSSR count). The van der Waals surface area contributed by atoms with E-state index in [1.54, 1.807) is 6.07 Å². The summed E-state index contributed by atoms with van der Waals surface area (Å²) in [7, 11) is 0. The zero-order valence-electron chi connectivity index (χ0n) is 17.1. The number of amides is 1. The van der Waals surface area contributed by atoms with Crippen molar-refractivity contribution >= 4 is 11.6 Å². The molecule has 2 fully saturated rings. The van der Waals surface area contributed by atoms with Gasteiger partial charge in [-0.05, 0) is 18.1 Å². The van der Waals surface area contributed by atoms with Gasteiger partial charge in [-0.15, -0.1) is 0 Å². The molecule has 1 atom stereocenters. The minimum atomic E-state index is -0.187. The lowest BCUT2D eigenvalue weighted by Gasteiger charge is -2.36. The molecule has 0 aliphatic carbocycles. The summed E-state index contributed by atoms with van der Waals surface area (Å²) in [5.74, 6) is 0.480. The van der Waals surface area contributed by atoms with E-state index < -0.39 is 0 Å². The van der Waals surface area contributed by atoms with Gasteiger partial charge in [0, 0.05) is 52.4 Å². The largest absolute Gasteiger partial charge is 0.374 e. The predicted molar refractivity (Wildman–Crippen MR) is 109 cm³/mol. The highest BCUT2D eigenvalue weighted by Crippen LogP contribution is 2.20. The van der Waals surface area contributed by atoms with Crippen LogP contribution in [0.25, 0.3) is 0 Å². The Morgan fingerprint density at radius 3 is 2.64 bits per heavy atom. The molecule has 1 N–H and O–H groups in total. The highest BCUT2D eigenvalue weighted by molar-refractivity contribution is 5.78. The predicted octanol–water partition coefficient (Wildman–Crippen LogP) is 1.42. The summed E-state index contributed by atoms with van der Waals surface area (Å²) in [5.41, 5.74) is 0.645. The third-order valence-electron chi connectivity index (χ3n) is 5.31. The molecule has 0 spiro atoms. The number of carbonyl (C=O) groups excluding carboxylic acids is 1. The molecule has 0 bridgehead atoms. The highest BCUT2D eigenvalue weighted by Gasteiger charge is 2.23. The van der Waals surface area contributed by atoms with Crippen molar-refractivity contribution in [3.8, 4) is 0 Å². The summed E-state index contributed by atoms with van der Waals surface area (Å²) in [6.45, 7) is 12.0. The Bertz CT molecular complexity index is 635. The van der Waals surface area contributed by atoms with Gasteiger partial charge in [0.1, 0.15) is 5.82 Å². The number of para-hydroxylation sites is 1. The number of morpholine rings is 1. The number of ether oxygens (including phenoxy) is 1. The number of piperazine rings is 1. The van der Waals surface area contributed by atoms with Crippen LogP contribution in [0, 0.1) is 11.7 Å². The van der Waals surface area contributed by atoms with Crippen molar-refractivity contribution in [3.05, 3.63) is 30.1 Å². The number of anilines is 1. The van der Waals surface area contributed by atoms with E-state index in [2.05, 4.69) is 29.0 Å². The fourth-order valence-corrected chi connectivity index (χ4v) is 3.93. The average molecular weight is 393 g/mol. The van der Waals surface area contributed by atoms with Crippen LogP contribution in [0.2, 0.25) is 0 Å². The number of hydrogen-bond donors (Lipinski definition) is 1. The molecule has 1 aromatic rings. The van der Waals surface area contributed by atoms with Crippen LogP contribution in [0.4, 0.5) is 10.1 Å². The summed E-state index contributed by atoms with van der Waals surface area (Å²) >= 11 is 0. The Morgan fingerprint density at radius 2 is 1.93 bits per heavy atom. The summed E-state index contributed by atoms with van der Waals surface area (Å²) in [5, 5.41) is 3.02. The second-order valence-corrected chi connectivity index (χ2v) is 8.16. The zero-order chi connectivity index (χ0) is 19.9. The van der Waals surface area contributed by atoms with Gasteiger partial charge in [0.05, 0.1) is 24.9 Å². The van der Waals surface area contributed by atoms with E-state index in [1.165, 1.54) is 6.07 Å². The molecule has 2 saturated heterocycles. The number of carbonyl (C=O) groups is 1. The third kappa shape index (κ3) is 6.15. The normalized spacial score (nSPS) is 21.9. The molecule has 6 nitrogen and oxygen atoms in total. The van der Waals surface area contributed by atoms with E-state index in [9.17, 15) is 9.18 Å². The second-order valence-electron chi connectivity index (χ2n) is 8.16. The van der Waals surface area contributed by atoms with Gasteiger partial charge >= 0.3 is 0 Å². The first kappa shape index (κ1) is 21.0. The van der Waals surface area contributed by atoms with Gasteiger partial charge in [-0.25, -0.2) is 4.39 Å². The summed E-state index contributed by atoms with van der Waals surface area (Å²) in [6, 6.07) is 6.86. The van der Waals surface area contributed by atoms with Crippen molar-refractivity contribution in [2.75, 3.05) is 70.4 Å². The lowest BCUT2D eigenvalue weighted by molar-refractivity contribution is -0.123. The van der Waals surface area contributed by atoms with Gasteiger partial charge in [-0.3, -0.25) is 14.6 Å². The fraction of sp³-hybridized carbons (Fsp3) is 0.667. The Hall–Kier alpha value is -1.70. The van der Waals surface area contributed by atoms with Gasteiger partial charge < -0.3 is 15.0 Å². The molecule has 2 aliphatic heterocycles. The average Bonchev–Trinajstić information content (AvgIpc) is 2.67. The van der Waals surface area contributed by atoms with E-state index in [0.717, 1.165) is 52.4 Å². The molecule has 0 radical (unpaired) electrons. The van der Waals surface area contributed by atoms with Crippen molar-refractivity contribution in [3.63, 3.8) is 0 Å². The van der Waals surface area contributed by atoms with E-state index in [4.69, 9.17) is 4.74 Å². The minimum absolute atomic E-state index is 0.0314. The first-order valence-corrected chi connectivity index (χ1v) is 10.3. The number of nitrogens with one attached hydrogen (secondary N) is 1. The molecular formula is C21H33FN4O2. The van der Waals surface area contributed by atoms with Crippen LogP contribution in [0.15, 0.2) is 24.3 Å². The van der Waals surface area contributed by atoms with Crippen molar-refractivity contribution in [1.82, 2.24) is 15.1 Å². The zero-order valence-corrected chi connectivity index (χ0v) is 17.1. The quantitative estimate of drug-likeness (QED) is 0.761. The van der Waals surface area contributed by atoms with E-state index in [-0.39, 0.29) is 17.8 Å². The van der Waals surface area contributed by atoms with Crippen LogP contribution < -0.4 is 10.2 Å². The van der Waals surface area contributed by atoms with Crippen molar-refractivity contribution in [1.29, 1.82) is 0 Å². The monoisotopic (exact) mass is 392 g/mol. The summed E-state index contributed by atoms with van der Waals surface area (Å²) in [6.07, 6.45) is 0.0642. The summed E-state index contributed by atoms with van der Waals surface area (Å²) < 4.78 is 19.7. The Balaban J connectivity index is 1.36. The van der Waals surface area contributed by atoms with Crippen LogP contribution in [0.1, 0.15) is 13.8 Å². The topological polar surface area (TPSA) is 48.1 Å². The smallest absolute Gasteiger partial charge is 0.234 e. The molecule has 156 valence electrons. The lowest BCUT2D eigenvalue weighted by atomic mass is 10.2. The number of nitrogens with zero attached hydrogens (tertiary/aromatic N) is 3. The molecule has 28 heavy (non-hydrogen) atoms. The van der Waals surface area contributed by atoms with E-state index >= 15 is 0 Å². The third-order valence-corrected chi connectivity index (χ3v) is 5.31. The van der Waals surface area contributed by atoms with Crippen LogP contribution in [0.5, 0.6) is 0 Å². The van der Waals surface area contributed by atoms with Crippen molar-refractivity contribution < 1.29 is 13.9 Å². The SMILES string of the molecule is CC(C)CN1CCOC(CNC(=O)CN2CCN(c3ccccc3F)CC2)C1. The molecule has 1 amide bonds. The van der Waals surface area contributed by atoms with E-state index in [1.807, 2.05) is 17.0 Å². The first-order valence-electron chi connectivity index (χ1n) is 10.3. The lowest BCUT2D eigenvalue weighted by Crippen LogP contribution is -2.52. The van der Waals surface area contributed by atoms with Crippen LogP contribution >= 0.6 is 0 Å². The molecule has 2 heterocycles. The Labute approximate surface area is 167 Å². The molecule has 1 unspecified atom stereocenters. The summed E-state index contributed by atoms with van der Waals surface area (Å²) in [4.78, 5) is 18.9.